The number of ether oxygens (including phenoxy) is 1. The molecular formula is C59H115NO5. The summed E-state index contributed by atoms with van der Waals surface area (Å²) in [5, 5.41) is 23.3. The molecule has 0 aromatic heterocycles. The molecule has 0 spiro atoms. The van der Waals surface area contributed by atoms with E-state index >= 15 is 0 Å². The third-order valence-corrected chi connectivity index (χ3v) is 13.8. The Morgan fingerprint density at radius 1 is 0.415 bits per heavy atom. The molecule has 0 aliphatic carbocycles. The number of aliphatic hydroxyl groups excluding tert-OH is 2. The van der Waals surface area contributed by atoms with Crippen LogP contribution in [0.1, 0.15) is 328 Å². The van der Waals surface area contributed by atoms with Crippen molar-refractivity contribution in [3.8, 4) is 0 Å². The summed E-state index contributed by atoms with van der Waals surface area (Å²) in [6, 6.07) is -0.544. The molecule has 0 saturated carbocycles. The van der Waals surface area contributed by atoms with Gasteiger partial charge in [-0.15, -0.1) is 0 Å². The molecule has 1 amide bonds. The molecule has 6 nitrogen and oxygen atoms in total. The van der Waals surface area contributed by atoms with Crippen molar-refractivity contribution in [2.45, 2.75) is 341 Å². The van der Waals surface area contributed by atoms with Crippen LogP contribution in [0.2, 0.25) is 0 Å². The minimum Gasteiger partial charge on any atom is -0.466 e. The number of carbonyl (C=O) groups is 2. The van der Waals surface area contributed by atoms with Gasteiger partial charge in [-0.2, -0.15) is 0 Å². The Bertz CT molecular complexity index is 970. The number of hydrogen-bond donors (Lipinski definition) is 3. The summed E-state index contributed by atoms with van der Waals surface area (Å²) in [6.45, 7) is 4.95. The van der Waals surface area contributed by atoms with Gasteiger partial charge in [-0.25, -0.2) is 0 Å². The number of rotatable bonds is 55. The number of hydrogen-bond acceptors (Lipinski definition) is 5. The lowest BCUT2D eigenvalue weighted by Crippen LogP contribution is -2.45. The summed E-state index contributed by atoms with van der Waals surface area (Å²) in [7, 11) is 0. The van der Waals surface area contributed by atoms with Crippen LogP contribution in [0.25, 0.3) is 0 Å². The largest absolute Gasteiger partial charge is 0.466 e. The van der Waals surface area contributed by atoms with Crippen molar-refractivity contribution in [3.05, 3.63) is 12.2 Å². The zero-order valence-electron chi connectivity index (χ0n) is 44.0. The van der Waals surface area contributed by atoms with E-state index in [-0.39, 0.29) is 18.5 Å². The smallest absolute Gasteiger partial charge is 0.305 e. The maximum atomic E-state index is 12.5. The number of nitrogens with one attached hydrogen (secondary N) is 1. The average molecular weight is 919 g/mol. The minimum atomic E-state index is -0.667. The number of esters is 1. The molecule has 6 heteroatoms. The summed E-state index contributed by atoms with van der Waals surface area (Å²) < 4.78 is 5.49. The van der Waals surface area contributed by atoms with Crippen molar-refractivity contribution < 1.29 is 24.5 Å². The molecular weight excluding hydrogens is 803 g/mol. The van der Waals surface area contributed by atoms with Gasteiger partial charge in [0.05, 0.1) is 25.4 Å². The zero-order valence-corrected chi connectivity index (χ0v) is 44.0. The van der Waals surface area contributed by atoms with Crippen molar-refractivity contribution in [3.63, 3.8) is 0 Å². The second-order valence-electron chi connectivity index (χ2n) is 20.3. The number of carbonyl (C=O) groups excluding carboxylic acids is 2. The second-order valence-corrected chi connectivity index (χ2v) is 20.3. The van der Waals surface area contributed by atoms with Crippen LogP contribution in [-0.4, -0.2) is 47.4 Å². The van der Waals surface area contributed by atoms with Crippen LogP contribution in [0.15, 0.2) is 12.2 Å². The van der Waals surface area contributed by atoms with E-state index in [0.717, 1.165) is 44.9 Å². The molecule has 0 aromatic carbocycles. The van der Waals surface area contributed by atoms with E-state index in [4.69, 9.17) is 4.74 Å². The van der Waals surface area contributed by atoms with Crippen molar-refractivity contribution in [2.75, 3.05) is 13.2 Å². The van der Waals surface area contributed by atoms with E-state index in [1.165, 1.54) is 250 Å². The summed E-state index contributed by atoms with van der Waals surface area (Å²) in [4.78, 5) is 24.5. The van der Waals surface area contributed by atoms with Crippen LogP contribution in [-0.2, 0) is 14.3 Å². The molecule has 0 aliphatic rings. The van der Waals surface area contributed by atoms with Crippen molar-refractivity contribution >= 4 is 11.9 Å². The first kappa shape index (κ1) is 63.6. The molecule has 0 aromatic rings. The Balaban J connectivity index is 3.39. The normalized spacial score (nSPS) is 12.6. The first-order valence-corrected chi connectivity index (χ1v) is 29.4. The summed E-state index contributed by atoms with van der Waals surface area (Å²) >= 11 is 0. The highest BCUT2D eigenvalue weighted by Crippen LogP contribution is 2.17. The summed E-state index contributed by atoms with van der Waals surface area (Å²) in [5.74, 6) is -0.0359. The highest BCUT2D eigenvalue weighted by atomic mass is 16.5. The van der Waals surface area contributed by atoms with Gasteiger partial charge in [0.2, 0.25) is 5.91 Å². The SMILES string of the molecule is CCCCCCCC/C=C\CCCCCCCCCC(=O)OCCCCCCCCCCCCCCCCCCCC(=O)NC(CO)C(O)CCCCCCCCCCCCCCCC. The standard InChI is InChI=1S/C59H115NO5/c1-3-5-7-9-11-13-15-17-19-21-25-29-33-37-41-45-49-53-59(64)65-54-50-46-42-38-34-30-26-23-20-22-24-28-32-36-40-44-48-52-58(63)60-56(55-61)57(62)51-47-43-39-35-31-27-18-16-14-12-10-8-6-4-2/h17,19,56-57,61-62H,3-16,18,20-55H2,1-2H3,(H,60,63)/b19-17-. The molecule has 0 saturated heterocycles. The lowest BCUT2D eigenvalue weighted by Gasteiger charge is -2.22. The highest BCUT2D eigenvalue weighted by molar-refractivity contribution is 5.76. The second kappa shape index (κ2) is 55.2. The van der Waals surface area contributed by atoms with Gasteiger partial charge >= 0.3 is 5.97 Å². The van der Waals surface area contributed by atoms with Crippen LogP contribution >= 0.6 is 0 Å². The molecule has 2 unspecified atom stereocenters. The lowest BCUT2D eigenvalue weighted by molar-refractivity contribution is -0.143. The molecule has 0 rings (SSSR count). The Morgan fingerprint density at radius 2 is 0.723 bits per heavy atom. The number of unbranched alkanes of at least 4 members (excludes halogenated alkanes) is 42. The van der Waals surface area contributed by atoms with E-state index in [1.54, 1.807) is 0 Å². The Labute approximate surface area is 406 Å². The fraction of sp³-hybridized carbons (Fsp3) is 0.932. The lowest BCUT2D eigenvalue weighted by atomic mass is 10.0. The first-order chi connectivity index (χ1) is 32.0. The maximum absolute atomic E-state index is 12.5. The van der Waals surface area contributed by atoms with Gasteiger partial charge in [-0.3, -0.25) is 9.59 Å². The van der Waals surface area contributed by atoms with Crippen LogP contribution in [0.5, 0.6) is 0 Å². The van der Waals surface area contributed by atoms with Gasteiger partial charge in [0.1, 0.15) is 0 Å². The van der Waals surface area contributed by atoms with Crippen LogP contribution < -0.4 is 5.32 Å². The summed E-state index contributed by atoms with van der Waals surface area (Å²) in [6.07, 6.45) is 64.8. The Hall–Kier alpha value is -1.40. The van der Waals surface area contributed by atoms with E-state index in [1.807, 2.05) is 0 Å². The van der Waals surface area contributed by atoms with Crippen molar-refractivity contribution in [1.82, 2.24) is 5.32 Å². The monoisotopic (exact) mass is 918 g/mol. The number of aliphatic hydroxyl groups is 2. The third kappa shape index (κ3) is 51.8. The van der Waals surface area contributed by atoms with Crippen LogP contribution in [0.4, 0.5) is 0 Å². The predicted molar refractivity (Wildman–Crippen MR) is 283 cm³/mol. The van der Waals surface area contributed by atoms with Gasteiger partial charge < -0.3 is 20.3 Å². The number of amides is 1. The molecule has 0 bridgehead atoms. The maximum Gasteiger partial charge on any atom is 0.305 e. The Morgan fingerprint density at radius 3 is 1.09 bits per heavy atom. The van der Waals surface area contributed by atoms with Crippen molar-refractivity contribution in [2.24, 2.45) is 0 Å². The minimum absolute atomic E-state index is 0.00270. The molecule has 0 radical (unpaired) electrons. The van der Waals surface area contributed by atoms with E-state index < -0.39 is 12.1 Å². The molecule has 3 N–H and O–H groups in total. The molecule has 0 fully saturated rings. The molecule has 0 heterocycles. The van der Waals surface area contributed by atoms with Crippen molar-refractivity contribution in [1.29, 1.82) is 0 Å². The molecule has 0 aliphatic heterocycles. The fourth-order valence-corrected chi connectivity index (χ4v) is 9.28. The molecule has 2 atom stereocenters. The Kier molecular flexibility index (Phi) is 54.0. The summed E-state index contributed by atoms with van der Waals surface area (Å²) in [5.41, 5.74) is 0. The number of allylic oxidation sites excluding steroid dienone is 2. The fourth-order valence-electron chi connectivity index (χ4n) is 9.28. The van der Waals surface area contributed by atoms with E-state index in [9.17, 15) is 19.8 Å². The van der Waals surface area contributed by atoms with Gasteiger partial charge in [0.25, 0.3) is 0 Å². The zero-order chi connectivity index (χ0) is 47.2. The van der Waals surface area contributed by atoms with Crippen LogP contribution in [0.3, 0.4) is 0 Å². The van der Waals surface area contributed by atoms with Gasteiger partial charge in [0.15, 0.2) is 0 Å². The topological polar surface area (TPSA) is 95.9 Å². The van der Waals surface area contributed by atoms with Gasteiger partial charge in [-0.1, -0.05) is 276 Å². The molecule has 65 heavy (non-hydrogen) atoms. The highest BCUT2D eigenvalue weighted by Gasteiger charge is 2.20. The van der Waals surface area contributed by atoms with Gasteiger partial charge in [-0.05, 0) is 51.4 Å². The quantitative estimate of drug-likeness (QED) is 0.0321. The van der Waals surface area contributed by atoms with E-state index in [0.29, 0.717) is 25.9 Å². The van der Waals surface area contributed by atoms with Crippen LogP contribution in [0, 0.1) is 0 Å². The van der Waals surface area contributed by atoms with Gasteiger partial charge in [0, 0.05) is 12.8 Å². The third-order valence-electron chi connectivity index (χ3n) is 13.8. The first-order valence-electron chi connectivity index (χ1n) is 29.4. The molecule has 386 valence electrons. The predicted octanol–water partition coefficient (Wildman–Crippen LogP) is 18.1. The average Bonchev–Trinajstić information content (AvgIpc) is 3.31. The van der Waals surface area contributed by atoms with E-state index in [2.05, 4.69) is 31.3 Å².